The smallest absolute Gasteiger partial charge is 0.306 e. The average Bonchev–Trinajstić information content (AvgIpc) is 3.49. The maximum atomic E-state index is 12.9. The van der Waals surface area contributed by atoms with Gasteiger partial charge in [0.15, 0.2) is 6.10 Å². The molecular formula is C77H126O6. The molecule has 0 aliphatic heterocycles. The lowest BCUT2D eigenvalue weighted by atomic mass is 10.0. The Labute approximate surface area is 512 Å². The fourth-order valence-corrected chi connectivity index (χ4v) is 9.26. The van der Waals surface area contributed by atoms with Crippen molar-refractivity contribution < 1.29 is 28.6 Å². The van der Waals surface area contributed by atoms with Crippen LogP contribution in [0.4, 0.5) is 0 Å². The normalized spacial score (nSPS) is 13.0. The van der Waals surface area contributed by atoms with Crippen LogP contribution >= 0.6 is 0 Å². The monoisotopic (exact) mass is 1150 g/mol. The van der Waals surface area contributed by atoms with Crippen molar-refractivity contribution in [2.45, 2.75) is 309 Å². The molecule has 0 radical (unpaired) electrons. The highest BCUT2D eigenvalue weighted by molar-refractivity contribution is 5.71. The first-order valence-electron chi connectivity index (χ1n) is 34.3. The minimum absolute atomic E-state index is 0.114. The summed E-state index contributed by atoms with van der Waals surface area (Å²) in [5.41, 5.74) is 0. The molecule has 0 aliphatic rings. The first kappa shape index (κ1) is 78.3. The predicted molar refractivity (Wildman–Crippen MR) is 362 cm³/mol. The number of allylic oxidation sites excluding steroid dienone is 24. The molecule has 1 unspecified atom stereocenters. The molecule has 0 fully saturated rings. The van der Waals surface area contributed by atoms with Crippen molar-refractivity contribution >= 4 is 17.9 Å². The molecule has 0 spiro atoms. The van der Waals surface area contributed by atoms with Crippen molar-refractivity contribution in [3.05, 3.63) is 146 Å². The lowest BCUT2D eigenvalue weighted by Gasteiger charge is -2.18. The van der Waals surface area contributed by atoms with Gasteiger partial charge in [-0.1, -0.05) is 301 Å². The van der Waals surface area contributed by atoms with Crippen LogP contribution in [0, 0.1) is 0 Å². The minimum Gasteiger partial charge on any atom is -0.462 e. The Kier molecular flexibility index (Phi) is 65.8. The summed E-state index contributed by atoms with van der Waals surface area (Å²) in [6, 6.07) is 0. The molecule has 0 aromatic carbocycles. The van der Waals surface area contributed by atoms with Crippen LogP contribution in [-0.4, -0.2) is 37.2 Å². The number of rotatable bonds is 61. The Morgan fingerprint density at radius 1 is 0.253 bits per heavy atom. The fraction of sp³-hybridized carbons (Fsp3) is 0.649. The van der Waals surface area contributed by atoms with E-state index < -0.39 is 6.10 Å². The lowest BCUT2D eigenvalue weighted by molar-refractivity contribution is -0.166. The van der Waals surface area contributed by atoms with Crippen LogP contribution < -0.4 is 0 Å². The second kappa shape index (κ2) is 69.8. The average molecular weight is 1150 g/mol. The van der Waals surface area contributed by atoms with Crippen LogP contribution in [0.15, 0.2) is 146 Å². The predicted octanol–water partition coefficient (Wildman–Crippen LogP) is 23.9. The summed E-state index contributed by atoms with van der Waals surface area (Å²) in [7, 11) is 0. The number of carbonyl (C=O) groups excluding carboxylic acids is 3. The van der Waals surface area contributed by atoms with Crippen LogP contribution in [0.1, 0.15) is 303 Å². The van der Waals surface area contributed by atoms with E-state index in [-0.39, 0.29) is 44.0 Å². The van der Waals surface area contributed by atoms with Gasteiger partial charge in [0, 0.05) is 19.3 Å². The first-order valence-corrected chi connectivity index (χ1v) is 34.3. The Hall–Kier alpha value is -4.71. The number of ether oxygens (including phenoxy) is 3. The van der Waals surface area contributed by atoms with Crippen LogP contribution in [0.25, 0.3) is 0 Å². The second-order valence-electron chi connectivity index (χ2n) is 22.3. The zero-order chi connectivity index (χ0) is 59.9. The van der Waals surface area contributed by atoms with Crippen molar-refractivity contribution in [3.63, 3.8) is 0 Å². The zero-order valence-corrected chi connectivity index (χ0v) is 53.9. The van der Waals surface area contributed by atoms with Gasteiger partial charge >= 0.3 is 17.9 Å². The third kappa shape index (κ3) is 68.0. The summed E-state index contributed by atoms with van der Waals surface area (Å²) < 4.78 is 16.9. The molecule has 0 amide bonds. The SMILES string of the molecule is CC/C=C\C/C=C\C/C=C\C/C=C\C/C=C\C/C=C\CCCCCCC(=O)OC(COC(=O)CC/C=C\C/C=C\C/C=C\C/C=C\CC)COC(=O)CCCCCCCCCCCCCCCCCCC/C=C\C/C=C\CCCCCCC. The first-order chi connectivity index (χ1) is 41.0. The van der Waals surface area contributed by atoms with Gasteiger partial charge in [-0.05, 0) is 128 Å². The van der Waals surface area contributed by atoms with Crippen molar-refractivity contribution in [3.8, 4) is 0 Å². The number of hydrogen-bond donors (Lipinski definition) is 0. The molecular weight excluding hydrogens is 1020 g/mol. The molecule has 1 atom stereocenters. The van der Waals surface area contributed by atoms with Gasteiger partial charge in [0.1, 0.15) is 13.2 Å². The molecule has 0 N–H and O–H groups in total. The molecule has 0 heterocycles. The summed E-state index contributed by atoms with van der Waals surface area (Å²) in [5.74, 6) is -1.02. The summed E-state index contributed by atoms with van der Waals surface area (Å²) in [4.78, 5) is 38.3. The zero-order valence-electron chi connectivity index (χ0n) is 53.9. The highest BCUT2D eigenvalue weighted by atomic mass is 16.6. The van der Waals surface area contributed by atoms with Gasteiger partial charge in [0.25, 0.3) is 0 Å². The van der Waals surface area contributed by atoms with Crippen molar-refractivity contribution in [1.29, 1.82) is 0 Å². The Bertz CT molecular complexity index is 1800. The van der Waals surface area contributed by atoms with E-state index in [1.807, 2.05) is 6.08 Å². The lowest BCUT2D eigenvalue weighted by Crippen LogP contribution is -2.30. The molecule has 6 heteroatoms. The number of unbranched alkanes of at least 4 members (excludes halogenated alkanes) is 26. The quantitative estimate of drug-likeness (QED) is 0.0261. The second-order valence-corrected chi connectivity index (χ2v) is 22.3. The molecule has 83 heavy (non-hydrogen) atoms. The van der Waals surface area contributed by atoms with Crippen LogP contribution in [0.3, 0.4) is 0 Å². The number of carbonyl (C=O) groups is 3. The van der Waals surface area contributed by atoms with Crippen LogP contribution in [0.5, 0.6) is 0 Å². The topological polar surface area (TPSA) is 78.9 Å². The Balaban J connectivity index is 4.35. The van der Waals surface area contributed by atoms with E-state index in [9.17, 15) is 14.4 Å². The van der Waals surface area contributed by atoms with Crippen LogP contribution in [0.2, 0.25) is 0 Å². The van der Waals surface area contributed by atoms with E-state index in [0.717, 1.165) is 122 Å². The van der Waals surface area contributed by atoms with E-state index in [4.69, 9.17) is 14.2 Å². The molecule has 0 rings (SSSR count). The maximum absolute atomic E-state index is 12.9. The standard InChI is InChI=1S/C77H126O6/c1-4-7-10-13-16-19-22-25-27-29-31-33-35-36-37-38-39-40-42-43-45-47-49-52-55-58-61-64-67-70-76(79)82-73-74(72-81-75(78)69-66-63-60-57-54-51-24-21-18-15-12-9-6-3)83-77(80)71-68-65-62-59-56-53-50-48-46-44-41-34-32-30-28-26-23-20-17-14-11-8-5-2/h8-9,11-12,17-18,20-22,25-26,28-29,31-32,34,44,46,50-51,53-54,60,63,74H,4-7,10,13-16,19,23-24,27,30,33,35-43,45,47-49,52,55-59,61-62,64-73H2,1-3H3/b11-8-,12-9-,20-17-,21-18-,25-22-,28-26-,31-29-,34-32-,46-44-,53-50-,54-51-,63-60-. The third-order valence-electron chi connectivity index (χ3n) is 14.3. The summed E-state index contributed by atoms with van der Waals surface area (Å²) in [6.07, 6.45) is 100. The molecule has 0 saturated carbocycles. The largest absolute Gasteiger partial charge is 0.462 e. The number of esters is 3. The van der Waals surface area contributed by atoms with E-state index in [0.29, 0.717) is 12.8 Å². The Morgan fingerprint density at radius 3 is 0.807 bits per heavy atom. The van der Waals surface area contributed by atoms with Crippen molar-refractivity contribution in [2.75, 3.05) is 13.2 Å². The molecule has 0 aliphatic carbocycles. The van der Waals surface area contributed by atoms with E-state index in [1.54, 1.807) is 0 Å². The summed E-state index contributed by atoms with van der Waals surface area (Å²) in [6.45, 7) is 6.33. The Morgan fingerprint density at radius 2 is 0.494 bits per heavy atom. The molecule has 0 aromatic rings. The van der Waals surface area contributed by atoms with E-state index >= 15 is 0 Å². The number of hydrogen-bond acceptors (Lipinski definition) is 6. The molecule has 6 nitrogen and oxygen atoms in total. The summed E-state index contributed by atoms with van der Waals surface area (Å²) in [5, 5.41) is 0. The highest BCUT2D eigenvalue weighted by Gasteiger charge is 2.19. The van der Waals surface area contributed by atoms with Gasteiger partial charge in [-0.15, -0.1) is 0 Å². The molecule has 0 saturated heterocycles. The van der Waals surface area contributed by atoms with Crippen molar-refractivity contribution in [2.24, 2.45) is 0 Å². The third-order valence-corrected chi connectivity index (χ3v) is 14.3. The van der Waals surface area contributed by atoms with Gasteiger partial charge in [-0.2, -0.15) is 0 Å². The van der Waals surface area contributed by atoms with Gasteiger partial charge < -0.3 is 14.2 Å². The molecule has 470 valence electrons. The minimum atomic E-state index is -0.828. The van der Waals surface area contributed by atoms with Gasteiger partial charge in [-0.25, -0.2) is 0 Å². The van der Waals surface area contributed by atoms with E-state index in [1.165, 1.54) is 135 Å². The van der Waals surface area contributed by atoms with Gasteiger partial charge in [-0.3, -0.25) is 14.4 Å². The van der Waals surface area contributed by atoms with E-state index in [2.05, 4.69) is 161 Å². The van der Waals surface area contributed by atoms with Crippen LogP contribution in [-0.2, 0) is 28.6 Å². The fourth-order valence-electron chi connectivity index (χ4n) is 9.26. The maximum Gasteiger partial charge on any atom is 0.306 e. The highest BCUT2D eigenvalue weighted by Crippen LogP contribution is 2.16. The van der Waals surface area contributed by atoms with Gasteiger partial charge in [0.05, 0.1) is 0 Å². The van der Waals surface area contributed by atoms with Crippen molar-refractivity contribution in [1.82, 2.24) is 0 Å². The molecule has 0 aromatic heterocycles. The molecule has 0 bridgehead atoms. The summed E-state index contributed by atoms with van der Waals surface area (Å²) >= 11 is 0. The van der Waals surface area contributed by atoms with Gasteiger partial charge in [0.2, 0.25) is 0 Å².